The first kappa shape index (κ1) is 14.0. The fraction of sp³-hybridized carbons (Fsp3) is 0.333. The molecule has 1 aromatic heterocycles. The van der Waals surface area contributed by atoms with Gasteiger partial charge < -0.3 is 14.8 Å². The van der Waals surface area contributed by atoms with Gasteiger partial charge in [0.2, 0.25) is 5.91 Å². The number of hydrogen-bond acceptors (Lipinski definition) is 3. The van der Waals surface area contributed by atoms with Gasteiger partial charge in [-0.3, -0.25) is 9.59 Å². The topological polar surface area (TPSA) is 56.4 Å². The number of nitrogens with one attached hydrogen (secondary N) is 1. The molecule has 2 heterocycles. The molecule has 1 fully saturated rings. The highest BCUT2D eigenvalue weighted by Gasteiger charge is 2.36. The summed E-state index contributed by atoms with van der Waals surface area (Å²) in [5.41, 5.74) is 1.45. The van der Waals surface area contributed by atoms with E-state index in [4.69, 9.17) is 0 Å². The van der Waals surface area contributed by atoms with Crippen molar-refractivity contribution in [1.29, 1.82) is 0 Å². The van der Waals surface area contributed by atoms with Gasteiger partial charge in [-0.25, -0.2) is 0 Å². The van der Waals surface area contributed by atoms with Crippen molar-refractivity contribution in [1.82, 2.24) is 14.8 Å². The van der Waals surface area contributed by atoms with Crippen molar-refractivity contribution in [2.75, 3.05) is 25.7 Å². The van der Waals surface area contributed by atoms with E-state index in [0.29, 0.717) is 17.2 Å². The third kappa shape index (κ3) is 2.40. The second-order valence-electron chi connectivity index (χ2n) is 5.27. The lowest BCUT2D eigenvalue weighted by molar-refractivity contribution is -0.132. The van der Waals surface area contributed by atoms with Crippen LogP contribution in [0.3, 0.4) is 0 Å². The monoisotopic (exact) mass is 303 g/mol. The molecular weight excluding hydrogens is 286 g/mol. The first-order chi connectivity index (χ1) is 10.1. The van der Waals surface area contributed by atoms with E-state index in [1.54, 1.807) is 41.7 Å². The molecule has 0 bridgehead atoms. The van der Waals surface area contributed by atoms with Gasteiger partial charge in [-0.15, -0.1) is 11.8 Å². The van der Waals surface area contributed by atoms with Crippen LogP contribution in [0.1, 0.15) is 10.4 Å². The highest BCUT2D eigenvalue weighted by atomic mass is 32.2. The second-order valence-corrected chi connectivity index (χ2v) is 6.27. The molecule has 1 atom stereocenters. The van der Waals surface area contributed by atoms with Crippen LogP contribution in [0.5, 0.6) is 0 Å². The Labute approximate surface area is 127 Å². The molecule has 6 heteroatoms. The maximum Gasteiger partial charge on any atom is 0.257 e. The van der Waals surface area contributed by atoms with Gasteiger partial charge in [0.1, 0.15) is 6.04 Å². The number of amides is 2. The zero-order valence-electron chi connectivity index (χ0n) is 12.0. The van der Waals surface area contributed by atoms with Crippen LogP contribution in [0.4, 0.5) is 0 Å². The predicted octanol–water partition coefficient (Wildman–Crippen LogP) is 1.77. The molecule has 5 nitrogen and oxygen atoms in total. The summed E-state index contributed by atoms with van der Waals surface area (Å²) in [6.07, 6.45) is 1.82. The molecule has 0 unspecified atom stereocenters. The number of thioether (sulfide) groups is 1. The molecule has 1 N–H and O–H groups in total. The number of H-pyrrole nitrogens is 1. The average molecular weight is 303 g/mol. The summed E-state index contributed by atoms with van der Waals surface area (Å²) in [6, 6.07) is 7.20. The average Bonchev–Trinajstić information content (AvgIpc) is 3.13. The van der Waals surface area contributed by atoms with Gasteiger partial charge in [-0.2, -0.15) is 0 Å². The highest BCUT2D eigenvalue weighted by molar-refractivity contribution is 7.99. The van der Waals surface area contributed by atoms with E-state index in [0.717, 1.165) is 10.9 Å². The van der Waals surface area contributed by atoms with Crippen LogP contribution < -0.4 is 0 Å². The van der Waals surface area contributed by atoms with Gasteiger partial charge in [0.25, 0.3) is 5.91 Å². The SMILES string of the molecule is CN(C)C(=O)[C@H]1CSCN1C(=O)c1cccc2cc[nH]c12. The number of fused-ring (bicyclic) bond motifs is 1. The first-order valence-corrected chi connectivity index (χ1v) is 7.91. The van der Waals surface area contributed by atoms with Crippen molar-refractivity contribution in [3.05, 3.63) is 36.0 Å². The smallest absolute Gasteiger partial charge is 0.257 e. The van der Waals surface area contributed by atoms with Crippen LogP contribution in [0.2, 0.25) is 0 Å². The highest BCUT2D eigenvalue weighted by Crippen LogP contribution is 2.26. The van der Waals surface area contributed by atoms with E-state index in [-0.39, 0.29) is 17.9 Å². The Hall–Kier alpha value is -1.95. The van der Waals surface area contributed by atoms with Crippen LogP contribution in [0, 0.1) is 0 Å². The summed E-state index contributed by atoms with van der Waals surface area (Å²) in [7, 11) is 3.44. The summed E-state index contributed by atoms with van der Waals surface area (Å²) < 4.78 is 0. The molecule has 0 saturated carbocycles. The van der Waals surface area contributed by atoms with Crippen LogP contribution in [0.25, 0.3) is 10.9 Å². The molecule has 0 aliphatic carbocycles. The van der Waals surface area contributed by atoms with Crippen molar-refractivity contribution >= 4 is 34.5 Å². The first-order valence-electron chi connectivity index (χ1n) is 6.75. The normalized spacial score (nSPS) is 18.2. The van der Waals surface area contributed by atoms with E-state index in [2.05, 4.69) is 4.98 Å². The van der Waals surface area contributed by atoms with Crippen LogP contribution in [0.15, 0.2) is 30.5 Å². The van der Waals surface area contributed by atoms with E-state index in [1.807, 2.05) is 24.4 Å². The minimum absolute atomic E-state index is 0.0213. The van der Waals surface area contributed by atoms with Crippen molar-refractivity contribution in [2.24, 2.45) is 0 Å². The van der Waals surface area contributed by atoms with Gasteiger partial charge in [0.05, 0.1) is 17.0 Å². The number of likely N-dealkylation sites (N-methyl/N-ethyl adjacent to an activating group) is 1. The Bertz CT molecular complexity index is 695. The molecule has 21 heavy (non-hydrogen) atoms. The lowest BCUT2D eigenvalue weighted by atomic mass is 10.1. The van der Waals surface area contributed by atoms with Gasteiger partial charge in [-0.05, 0) is 12.1 Å². The minimum atomic E-state index is -0.372. The number of benzene rings is 1. The third-order valence-electron chi connectivity index (χ3n) is 3.69. The molecular formula is C15H17N3O2S. The van der Waals surface area contributed by atoms with Crippen molar-refractivity contribution in [3.8, 4) is 0 Å². The number of hydrogen-bond donors (Lipinski definition) is 1. The molecule has 1 aromatic carbocycles. The zero-order chi connectivity index (χ0) is 15.0. The van der Waals surface area contributed by atoms with E-state index in [1.165, 1.54) is 0 Å². The maximum absolute atomic E-state index is 12.8. The number of aromatic amines is 1. The van der Waals surface area contributed by atoms with E-state index < -0.39 is 0 Å². The molecule has 2 aromatic rings. The van der Waals surface area contributed by atoms with E-state index in [9.17, 15) is 9.59 Å². The Kier molecular flexibility index (Phi) is 3.63. The Morgan fingerprint density at radius 2 is 2.14 bits per heavy atom. The Balaban J connectivity index is 1.94. The van der Waals surface area contributed by atoms with Crippen LogP contribution >= 0.6 is 11.8 Å². The van der Waals surface area contributed by atoms with Crippen molar-refractivity contribution in [2.45, 2.75) is 6.04 Å². The molecule has 0 radical (unpaired) electrons. The lowest BCUT2D eigenvalue weighted by Gasteiger charge is -2.25. The predicted molar refractivity (Wildman–Crippen MR) is 84.3 cm³/mol. The number of rotatable bonds is 2. The summed E-state index contributed by atoms with van der Waals surface area (Å²) in [4.78, 5) is 31.4. The number of para-hydroxylation sites is 1. The molecule has 0 spiro atoms. The van der Waals surface area contributed by atoms with Gasteiger partial charge in [-0.1, -0.05) is 12.1 Å². The minimum Gasteiger partial charge on any atom is -0.361 e. The lowest BCUT2D eigenvalue weighted by Crippen LogP contribution is -2.46. The molecule has 1 aliphatic rings. The Morgan fingerprint density at radius 3 is 2.90 bits per heavy atom. The summed E-state index contributed by atoms with van der Waals surface area (Å²) in [5, 5.41) is 1.00. The van der Waals surface area contributed by atoms with Crippen molar-refractivity contribution < 1.29 is 9.59 Å². The largest absolute Gasteiger partial charge is 0.361 e. The van der Waals surface area contributed by atoms with Gasteiger partial charge in [0, 0.05) is 31.4 Å². The second kappa shape index (κ2) is 5.44. The fourth-order valence-electron chi connectivity index (χ4n) is 2.56. The number of aromatic nitrogens is 1. The number of carbonyl (C=O) groups excluding carboxylic acids is 2. The molecule has 2 amide bonds. The van der Waals surface area contributed by atoms with Gasteiger partial charge >= 0.3 is 0 Å². The van der Waals surface area contributed by atoms with Crippen molar-refractivity contribution in [3.63, 3.8) is 0 Å². The van der Waals surface area contributed by atoms with Crippen LogP contribution in [-0.4, -0.2) is 58.4 Å². The molecule has 3 rings (SSSR count). The Morgan fingerprint density at radius 1 is 1.33 bits per heavy atom. The summed E-state index contributed by atoms with van der Waals surface area (Å²) >= 11 is 1.61. The number of nitrogens with zero attached hydrogens (tertiary/aromatic N) is 2. The zero-order valence-corrected chi connectivity index (χ0v) is 12.8. The third-order valence-corrected chi connectivity index (χ3v) is 4.70. The molecule has 110 valence electrons. The van der Waals surface area contributed by atoms with Gasteiger partial charge in [0.15, 0.2) is 0 Å². The molecule has 1 saturated heterocycles. The van der Waals surface area contributed by atoms with Crippen LogP contribution in [-0.2, 0) is 4.79 Å². The number of carbonyl (C=O) groups is 2. The molecule has 1 aliphatic heterocycles. The summed E-state index contributed by atoms with van der Waals surface area (Å²) in [5.74, 6) is 1.10. The maximum atomic E-state index is 12.8. The quantitative estimate of drug-likeness (QED) is 0.920. The fourth-order valence-corrected chi connectivity index (χ4v) is 3.71. The standard InChI is InChI=1S/C15H17N3O2S/c1-17(2)15(20)12-8-21-9-18(12)14(19)11-5-3-4-10-6-7-16-13(10)11/h3-7,12,16H,8-9H2,1-2H3/t12-/m1/s1. The summed E-state index contributed by atoms with van der Waals surface area (Å²) in [6.45, 7) is 0. The van der Waals surface area contributed by atoms with E-state index >= 15 is 0 Å².